The van der Waals surface area contributed by atoms with Gasteiger partial charge in [-0.25, -0.2) is 0 Å². The van der Waals surface area contributed by atoms with Gasteiger partial charge in [-0.05, 0) is 38.5 Å². The lowest BCUT2D eigenvalue weighted by molar-refractivity contribution is -0.0861. The zero-order valence-electron chi connectivity index (χ0n) is 13.6. The van der Waals surface area contributed by atoms with Crippen molar-refractivity contribution in [3.8, 4) is 0 Å². The second kappa shape index (κ2) is 7.01. The summed E-state index contributed by atoms with van der Waals surface area (Å²) in [5, 5.41) is 10.5. The van der Waals surface area contributed by atoms with Crippen molar-refractivity contribution in [3.63, 3.8) is 0 Å². The molecule has 3 atom stereocenters. The van der Waals surface area contributed by atoms with Crippen LogP contribution in [0.1, 0.15) is 30.7 Å². The molecule has 0 N–H and O–H groups in total. The third kappa shape index (κ3) is 3.38. The number of hydrogen-bond donors (Lipinski definition) is 0. The van der Waals surface area contributed by atoms with Crippen LogP contribution in [0.25, 0.3) is 0 Å². The Balaban J connectivity index is 1.37. The van der Waals surface area contributed by atoms with E-state index in [-0.39, 0.29) is 12.2 Å². The number of anilines is 1. The van der Waals surface area contributed by atoms with Crippen molar-refractivity contribution in [1.82, 2.24) is 10.2 Å². The summed E-state index contributed by atoms with van der Waals surface area (Å²) in [6.07, 6.45) is 4.83. The lowest BCUT2D eigenvalue weighted by Gasteiger charge is -2.38. The lowest BCUT2D eigenvalue weighted by Crippen LogP contribution is -2.52. The quantitative estimate of drug-likeness (QED) is 0.837. The van der Waals surface area contributed by atoms with Crippen LogP contribution >= 0.6 is 11.3 Å². The number of nitrogens with zero attached hydrogens (tertiary/aromatic N) is 3. The van der Waals surface area contributed by atoms with E-state index in [9.17, 15) is 0 Å². The van der Waals surface area contributed by atoms with Gasteiger partial charge in [0.05, 0.1) is 25.4 Å². The van der Waals surface area contributed by atoms with Gasteiger partial charge in [0.25, 0.3) is 0 Å². The zero-order chi connectivity index (χ0) is 15.6. The van der Waals surface area contributed by atoms with E-state index in [4.69, 9.17) is 14.2 Å². The van der Waals surface area contributed by atoms with Crippen LogP contribution < -0.4 is 4.90 Å². The van der Waals surface area contributed by atoms with Crippen LogP contribution in [0, 0.1) is 12.8 Å². The predicted octanol–water partition coefficient (Wildman–Crippen LogP) is 2.03. The minimum atomic E-state index is 0.174. The average Bonchev–Trinajstić information content (AvgIpc) is 3.20. The van der Waals surface area contributed by atoms with Crippen LogP contribution in [-0.2, 0) is 14.2 Å². The molecule has 1 saturated carbocycles. The molecule has 2 saturated heterocycles. The molecule has 3 heterocycles. The molecular weight excluding hydrogens is 314 g/mol. The third-order valence-electron chi connectivity index (χ3n) is 5.18. The summed E-state index contributed by atoms with van der Waals surface area (Å²) in [6, 6.07) is 0.385. The Morgan fingerprint density at radius 1 is 1.17 bits per heavy atom. The molecule has 1 aromatic rings. The number of rotatable bonds is 4. The number of morpholine rings is 1. The van der Waals surface area contributed by atoms with Crippen molar-refractivity contribution >= 4 is 16.5 Å². The number of fused-ring (bicyclic) bond motifs is 1. The van der Waals surface area contributed by atoms with Gasteiger partial charge in [-0.3, -0.25) is 0 Å². The summed E-state index contributed by atoms with van der Waals surface area (Å²) in [6.45, 7) is 6.27. The van der Waals surface area contributed by atoms with Crippen molar-refractivity contribution in [1.29, 1.82) is 0 Å². The summed E-state index contributed by atoms with van der Waals surface area (Å²) in [5.74, 6) is 0.647. The van der Waals surface area contributed by atoms with Crippen molar-refractivity contribution in [2.24, 2.45) is 5.92 Å². The van der Waals surface area contributed by atoms with Gasteiger partial charge in [0.15, 0.2) is 0 Å². The fraction of sp³-hybridized carbons (Fsp3) is 0.875. The highest BCUT2D eigenvalue weighted by Gasteiger charge is 2.44. The van der Waals surface area contributed by atoms with Gasteiger partial charge >= 0.3 is 0 Å². The fourth-order valence-corrected chi connectivity index (χ4v) is 4.68. The van der Waals surface area contributed by atoms with Crippen LogP contribution in [0.5, 0.6) is 0 Å². The first-order chi connectivity index (χ1) is 11.3. The highest BCUT2D eigenvalue weighted by molar-refractivity contribution is 7.15. The maximum Gasteiger partial charge on any atom is 0.208 e. The van der Waals surface area contributed by atoms with E-state index >= 15 is 0 Å². The molecule has 0 spiro atoms. The van der Waals surface area contributed by atoms with E-state index in [1.54, 1.807) is 11.3 Å². The summed E-state index contributed by atoms with van der Waals surface area (Å²) in [5.41, 5.74) is 0. The molecule has 0 radical (unpaired) electrons. The molecule has 23 heavy (non-hydrogen) atoms. The van der Waals surface area contributed by atoms with Gasteiger partial charge in [0.1, 0.15) is 11.1 Å². The largest absolute Gasteiger partial charge is 0.381 e. The van der Waals surface area contributed by atoms with Gasteiger partial charge in [-0.1, -0.05) is 11.3 Å². The Morgan fingerprint density at radius 2 is 2.04 bits per heavy atom. The molecule has 4 rings (SSSR count). The smallest absolute Gasteiger partial charge is 0.208 e. The van der Waals surface area contributed by atoms with Gasteiger partial charge in [0, 0.05) is 19.8 Å². The standard InChI is InChI=1S/C16H25N3O3S/c1-11-17-18-16(23-11)19-6-9-21-15-13(19)2-3-14(15)22-10-12-4-7-20-8-5-12/h12-15H,2-10H2,1H3/t13-,14+,15+/m0/s1. The molecule has 0 unspecified atom stereocenters. The Morgan fingerprint density at radius 3 is 2.83 bits per heavy atom. The van der Waals surface area contributed by atoms with Crippen LogP contribution in [0.3, 0.4) is 0 Å². The molecule has 0 amide bonds. The molecule has 1 aliphatic carbocycles. The van der Waals surface area contributed by atoms with Crippen molar-refractivity contribution in [3.05, 3.63) is 5.01 Å². The summed E-state index contributed by atoms with van der Waals surface area (Å²) >= 11 is 1.67. The number of hydrogen-bond acceptors (Lipinski definition) is 7. The molecule has 6 nitrogen and oxygen atoms in total. The second-order valence-corrected chi connectivity index (χ2v) is 7.86. The minimum absolute atomic E-state index is 0.174. The van der Waals surface area contributed by atoms with Crippen LogP contribution in [0.15, 0.2) is 0 Å². The Labute approximate surface area is 141 Å². The molecule has 0 bridgehead atoms. The van der Waals surface area contributed by atoms with E-state index < -0.39 is 0 Å². The highest BCUT2D eigenvalue weighted by Crippen LogP contribution is 2.36. The summed E-state index contributed by atoms with van der Waals surface area (Å²) in [4.78, 5) is 2.39. The average molecular weight is 339 g/mol. The van der Waals surface area contributed by atoms with Crippen molar-refractivity contribution in [2.75, 3.05) is 37.9 Å². The summed E-state index contributed by atoms with van der Waals surface area (Å²) < 4.78 is 17.8. The maximum atomic E-state index is 6.26. The molecule has 2 aliphatic heterocycles. The molecule has 128 valence electrons. The van der Waals surface area contributed by atoms with E-state index in [1.807, 2.05) is 6.92 Å². The SMILES string of the molecule is Cc1nnc(N2CCO[C@H]3[C@H](OCC4CCOCC4)CC[C@@H]32)s1. The number of aryl methyl sites for hydroxylation is 1. The first-order valence-corrected chi connectivity index (χ1v) is 9.50. The molecular formula is C16H25N3O3S. The first kappa shape index (κ1) is 15.7. The Kier molecular flexibility index (Phi) is 4.80. The molecule has 0 aromatic carbocycles. The molecule has 7 heteroatoms. The molecule has 3 aliphatic rings. The van der Waals surface area contributed by atoms with Gasteiger partial charge in [0.2, 0.25) is 5.13 Å². The Bertz CT molecular complexity index is 520. The summed E-state index contributed by atoms with van der Waals surface area (Å²) in [7, 11) is 0. The molecule has 3 fully saturated rings. The Hall–Kier alpha value is -0.760. The van der Waals surface area contributed by atoms with E-state index in [2.05, 4.69) is 15.1 Å². The van der Waals surface area contributed by atoms with Gasteiger partial charge in [-0.15, -0.1) is 10.2 Å². The maximum absolute atomic E-state index is 6.26. The van der Waals surface area contributed by atoms with Gasteiger partial charge < -0.3 is 19.1 Å². The normalized spacial score (nSPS) is 32.2. The second-order valence-electron chi connectivity index (χ2n) is 6.70. The monoisotopic (exact) mass is 339 g/mol. The first-order valence-electron chi connectivity index (χ1n) is 8.69. The van der Waals surface area contributed by atoms with Crippen LogP contribution in [-0.4, -0.2) is 61.4 Å². The predicted molar refractivity (Wildman–Crippen MR) is 88.0 cm³/mol. The van der Waals surface area contributed by atoms with Crippen molar-refractivity contribution < 1.29 is 14.2 Å². The van der Waals surface area contributed by atoms with E-state index in [0.29, 0.717) is 12.0 Å². The third-order valence-corrected chi connectivity index (χ3v) is 6.06. The topological polar surface area (TPSA) is 56.7 Å². The highest BCUT2D eigenvalue weighted by atomic mass is 32.1. The number of aromatic nitrogens is 2. The van der Waals surface area contributed by atoms with Crippen LogP contribution in [0.4, 0.5) is 5.13 Å². The fourth-order valence-electron chi connectivity index (χ4n) is 3.91. The minimum Gasteiger partial charge on any atom is -0.381 e. The number of ether oxygens (including phenoxy) is 3. The van der Waals surface area contributed by atoms with Crippen molar-refractivity contribution in [2.45, 2.75) is 50.9 Å². The van der Waals surface area contributed by atoms with Crippen LogP contribution in [0.2, 0.25) is 0 Å². The van der Waals surface area contributed by atoms with E-state index in [0.717, 1.165) is 68.8 Å². The lowest BCUT2D eigenvalue weighted by atomic mass is 10.0. The van der Waals surface area contributed by atoms with E-state index in [1.165, 1.54) is 0 Å². The zero-order valence-corrected chi connectivity index (χ0v) is 14.5. The van der Waals surface area contributed by atoms with Gasteiger partial charge in [-0.2, -0.15) is 0 Å². The molecule has 1 aromatic heterocycles.